The van der Waals surface area contributed by atoms with Crippen molar-refractivity contribution in [2.75, 3.05) is 20.7 Å². The highest BCUT2D eigenvalue weighted by molar-refractivity contribution is 5.93. The molecule has 160 valence electrons. The average Bonchev–Trinajstić information content (AvgIpc) is 3.17. The highest BCUT2D eigenvalue weighted by Crippen LogP contribution is 2.26. The van der Waals surface area contributed by atoms with Crippen LogP contribution in [0.25, 0.3) is 17.3 Å². The Balaban J connectivity index is 1.60. The van der Waals surface area contributed by atoms with Crippen molar-refractivity contribution in [1.29, 1.82) is 0 Å². The molecule has 3 aromatic rings. The van der Waals surface area contributed by atoms with E-state index in [0.717, 1.165) is 22.4 Å². The van der Waals surface area contributed by atoms with Crippen LogP contribution in [0.3, 0.4) is 0 Å². The largest absolute Gasteiger partial charge is 0.489 e. The average molecular weight is 420 g/mol. The van der Waals surface area contributed by atoms with E-state index in [9.17, 15) is 9.59 Å². The minimum absolute atomic E-state index is 0.0975. The van der Waals surface area contributed by atoms with Crippen molar-refractivity contribution in [2.45, 2.75) is 13.5 Å². The number of hydrogen-bond acceptors (Lipinski definition) is 6. The molecule has 0 saturated carbocycles. The fourth-order valence-corrected chi connectivity index (χ4v) is 2.85. The summed E-state index contributed by atoms with van der Waals surface area (Å²) in [6, 6.07) is 17.2. The Morgan fingerprint density at radius 2 is 1.81 bits per heavy atom. The molecule has 0 atom stereocenters. The van der Waals surface area contributed by atoms with Crippen molar-refractivity contribution < 1.29 is 23.6 Å². The Labute approximate surface area is 180 Å². The Morgan fingerprint density at radius 3 is 2.48 bits per heavy atom. The highest BCUT2D eigenvalue weighted by atomic mass is 16.5. The fourth-order valence-electron chi connectivity index (χ4n) is 2.85. The minimum Gasteiger partial charge on any atom is -0.489 e. The molecular formula is C24H24N2O5. The van der Waals surface area contributed by atoms with Crippen LogP contribution in [0, 0.1) is 6.92 Å². The zero-order chi connectivity index (χ0) is 22.2. The lowest BCUT2D eigenvalue weighted by atomic mass is 10.1. The number of esters is 1. The van der Waals surface area contributed by atoms with E-state index < -0.39 is 5.97 Å². The van der Waals surface area contributed by atoms with Gasteiger partial charge in [0, 0.05) is 18.7 Å². The van der Waals surface area contributed by atoms with Gasteiger partial charge in [0.1, 0.15) is 30.4 Å². The van der Waals surface area contributed by atoms with E-state index in [-0.39, 0.29) is 12.5 Å². The van der Waals surface area contributed by atoms with E-state index in [1.54, 1.807) is 6.08 Å². The van der Waals surface area contributed by atoms with Gasteiger partial charge in [0.2, 0.25) is 5.91 Å². The predicted molar refractivity (Wildman–Crippen MR) is 116 cm³/mol. The molecule has 1 aromatic heterocycles. The van der Waals surface area contributed by atoms with E-state index >= 15 is 0 Å². The summed E-state index contributed by atoms with van der Waals surface area (Å²) in [4.78, 5) is 24.6. The van der Waals surface area contributed by atoms with E-state index in [1.165, 1.54) is 25.1 Å². The molecule has 2 aromatic carbocycles. The zero-order valence-corrected chi connectivity index (χ0v) is 17.7. The molecule has 0 spiro atoms. The summed E-state index contributed by atoms with van der Waals surface area (Å²) in [6.45, 7) is 2.09. The second kappa shape index (κ2) is 10.2. The molecule has 3 rings (SSSR count). The Morgan fingerprint density at radius 1 is 1.10 bits per heavy atom. The third-order valence-electron chi connectivity index (χ3n) is 4.68. The number of carbonyl (C=O) groups is 2. The normalized spacial score (nSPS) is 10.8. The molecule has 0 fully saturated rings. The lowest BCUT2D eigenvalue weighted by Gasteiger charge is -2.12. The predicted octanol–water partition coefficient (Wildman–Crippen LogP) is 3.87. The third kappa shape index (κ3) is 5.82. The van der Waals surface area contributed by atoms with Gasteiger partial charge >= 0.3 is 5.97 Å². The third-order valence-corrected chi connectivity index (χ3v) is 4.68. The molecule has 7 heteroatoms. The standard InChI is InChI=1S/C24H24N2O5/c1-17-21(24(25-31-17)19-7-5-4-6-8-19)16-30-20-12-9-18(10-13-20)11-14-22(27)26(2)15-23(28)29-3/h4-14H,15-16H2,1-3H3/b14-11+. The molecule has 0 aliphatic rings. The quantitative estimate of drug-likeness (QED) is 0.406. The molecule has 0 aliphatic carbocycles. The number of likely N-dealkylation sites (N-methyl/N-ethyl adjacent to an activating group) is 1. The molecule has 1 heterocycles. The Kier molecular flexibility index (Phi) is 7.22. The van der Waals surface area contributed by atoms with Gasteiger partial charge < -0.3 is 18.9 Å². The van der Waals surface area contributed by atoms with Crippen molar-refractivity contribution in [1.82, 2.24) is 10.1 Å². The van der Waals surface area contributed by atoms with Crippen molar-refractivity contribution >= 4 is 18.0 Å². The number of benzene rings is 2. The van der Waals surface area contributed by atoms with E-state index in [4.69, 9.17) is 9.26 Å². The van der Waals surface area contributed by atoms with Crippen molar-refractivity contribution in [3.8, 4) is 17.0 Å². The van der Waals surface area contributed by atoms with Crippen LogP contribution in [0.1, 0.15) is 16.9 Å². The molecule has 0 bridgehead atoms. The molecule has 0 N–H and O–H groups in total. The minimum atomic E-state index is -0.468. The lowest BCUT2D eigenvalue weighted by molar-refractivity contribution is -0.144. The monoisotopic (exact) mass is 420 g/mol. The van der Waals surface area contributed by atoms with Crippen LogP contribution in [0.2, 0.25) is 0 Å². The zero-order valence-electron chi connectivity index (χ0n) is 17.7. The van der Waals surface area contributed by atoms with Gasteiger partial charge in [-0.1, -0.05) is 47.6 Å². The first-order valence-electron chi connectivity index (χ1n) is 9.71. The van der Waals surface area contributed by atoms with Gasteiger partial charge in [0.15, 0.2) is 0 Å². The molecule has 31 heavy (non-hydrogen) atoms. The van der Waals surface area contributed by atoms with Gasteiger partial charge in [-0.3, -0.25) is 9.59 Å². The van der Waals surface area contributed by atoms with Crippen molar-refractivity contribution in [2.24, 2.45) is 0 Å². The highest BCUT2D eigenvalue weighted by Gasteiger charge is 2.15. The lowest BCUT2D eigenvalue weighted by Crippen LogP contribution is -2.31. The first-order chi connectivity index (χ1) is 15.0. The number of aromatic nitrogens is 1. The number of hydrogen-bond donors (Lipinski definition) is 0. The van der Waals surface area contributed by atoms with Gasteiger partial charge in [0.05, 0.1) is 12.7 Å². The number of ether oxygens (including phenoxy) is 2. The van der Waals surface area contributed by atoms with Crippen LogP contribution in [0.4, 0.5) is 0 Å². The van der Waals surface area contributed by atoms with E-state index in [1.807, 2.05) is 61.5 Å². The second-order valence-electron chi connectivity index (χ2n) is 6.89. The number of rotatable bonds is 8. The van der Waals surface area contributed by atoms with Crippen LogP contribution >= 0.6 is 0 Å². The summed E-state index contributed by atoms with van der Waals surface area (Å²) >= 11 is 0. The topological polar surface area (TPSA) is 81.9 Å². The SMILES string of the molecule is COC(=O)CN(C)C(=O)/C=C/c1ccc(OCc2c(-c3ccccc3)noc2C)cc1. The number of methoxy groups -OCH3 is 1. The molecule has 0 radical (unpaired) electrons. The number of nitrogens with zero attached hydrogens (tertiary/aromatic N) is 2. The summed E-state index contributed by atoms with van der Waals surface area (Å²) in [5, 5.41) is 4.16. The maximum atomic E-state index is 12.0. The first-order valence-corrected chi connectivity index (χ1v) is 9.71. The van der Waals surface area contributed by atoms with Crippen molar-refractivity contribution in [3.05, 3.63) is 77.6 Å². The summed E-state index contributed by atoms with van der Waals surface area (Å²) in [5.41, 5.74) is 3.47. The number of aryl methyl sites for hydroxylation is 1. The maximum Gasteiger partial charge on any atom is 0.325 e. The van der Waals surface area contributed by atoms with Crippen LogP contribution < -0.4 is 4.74 Å². The Hall–Kier alpha value is -3.87. The van der Waals surface area contributed by atoms with Gasteiger partial charge in [-0.2, -0.15) is 0 Å². The molecule has 1 amide bonds. The second-order valence-corrected chi connectivity index (χ2v) is 6.89. The van der Waals surface area contributed by atoms with Gasteiger partial charge in [-0.15, -0.1) is 0 Å². The van der Waals surface area contributed by atoms with Crippen LogP contribution in [0.5, 0.6) is 5.75 Å². The van der Waals surface area contributed by atoms with Gasteiger partial charge in [0.25, 0.3) is 0 Å². The van der Waals surface area contributed by atoms with Crippen LogP contribution in [0.15, 0.2) is 65.2 Å². The number of amides is 1. The summed E-state index contributed by atoms with van der Waals surface area (Å²) in [5.74, 6) is 0.644. The van der Waals surface area contributed by atoms with Gasteiger partial charge in [-0.25, -0.2) is 0 Å². The summed E-state index contributed by atoms with van der Waals surface area (Å²) < 4.78 is 15.8. The van der Waals surface area contributed by atoms with E-state index in [2.05, 4.69) is 9.89 Å². The molecule has 7 nitrogen and oxygen atoms in total. The molecular weight excluding hydrogens is 396 g/mol. The fraction of sp³-hybridized carbons (Fsp3) is 0.208. The Bertz CT molecular complexity index is 1060. The van der Waals surface area contributed by atoms with E-state index in [0.29, 0.717) is 18.1 Å². The molecule has 0 aliphatic heterocycles. The first kappa shape index (κ1) is 21.8. The van der Waals surface area contributed by atoms with Crippen LogP contribution in [-0.4, -0.2) is 42.6 Å². The summed E-state index contributed by atoms with van der Waals surface area (Å²) in [7, 11) is 2.82. The number of carbonyl (C=O) groups excluding carboxylic acids is 2. The van der Waals surface area contributed by atoms with Gasteiger partial charge in [-0.05, 0) is 30.7 Å². The van der Waals surface area contributed by atoms with Crippen molar-refractivity contribution in [3.63, 3.8) is 0 Å². The maximum absolute atomic E-state index is 12.0. The molecule has 0 saturated heterocycles. The van der Waals surface area contributed by atoms with Crippen LogP contribution in [-0.2, 0) is 20.9 Å². The summed E-state index contributed by atoms with van der Waals surface area (Å²) in [6.07, 6.45) is 3.09. The smallest absolute Gasteiger partial charge is 0.325 e. The molecule has 0 unspecified atom stereocenters.